The van der Waals surface area contributed by atoms with Crippen molar-refractivity contribution in [3.63, 3.8) is 0 Å². The SMILES string of the molecule is CN(c1ccccc1)c1nncc(NCc2ccccc2F)n1. The van der Waals surface area contributed by atoms with Crippen molar-refractivity contribution in [1.82, 2.24) is 15.2 Å². The summed E-state index contributed by atoms with van der Waals surface area (Å²) in [7, 11) is 1.87. The molecular weight excluding hydrogens is 293 g/mol. The summed E-state index contributed by atoms with van der Waals surface area (Å²) in [6.45, 7) is 0.333. The van der Waals surface area contributed by atoms with Crippen LogP contribution in [0.4, 0.5) is 21.8 Å². The topological polar surface area (TPSA) is 53.9 Å². The molecule has 0 saturated heterocycles. The lowest BCUT2D eigenvalue weighted by Crippen LogP contribution is -2.15. The molecule has 116 valence electrons. The predicted molar refractivity (Wildman–Crippen MR) is 88.1 cm³/mol. The fraction of sp³-hybridized carbons (Fsp3) is 0.118. The lowest BCUT2D eigenvalue weighted by molar-refractivity contribution is 0.613. The van der Waals surface area contributed by atoms with E-state index in [-0.39, 0.29) is 5.82 Å². The van der Waals surface area contributed by atoms with Gasteiger partial charge < -0.3 is 10.2 Å². The van der Waals surface area contributed by atoms with E-state index in [2.05, 4.69) is 20.5 Å². The zero-order chi connectivity index (χ0) is 16.1. The monoisotopic (exact) mass is 309 g/mol. The predicted octanol–water partition coefficient (Wildman–Crippen LogP) is 3.39. The highest BCUT2D eigenvalue weighted by molar-refractivity contribution is 5.56. The molecule has 5 nitrogen and oxygen atoms in total. The molecule has 3 rings (SSSR count). The van der Waals surface area contributed by atoms with Gasteiger partial charge >= 0.3 is 0 Å². The standard InChI is InChI=1S/C17H16FN5/c1-23(14-8-3-2-4-9-14)17-21-16(12-20-22-17)19-11-13-7-5-6-10-15(13)18/h2-10,12H,11H2,1H3,(H,19,21,22). The Labute approximate surface area is 133 Å². The van der Waals surface area contributed by atoms with Gasteiger partial charge in [0.1, 0.15) is 5.82 Å². The Kier molecular flexibility index (Phi) is 4.42. The van der Waals surface area contributed by atoms with Crippen LogP contribution in [0.1, 0.15) is 5.56 Å². The molecule has 2 aromatic carbocycles. The van der Waals surface area contributed by atoms with E-state index in [0.717, 1.165) is 5.69 Å². The van der Waals surface area contributed by atoms with Crippen molar-refractivity contribution >= 4 is 17.5 Å². The largest absolute Gasteiger partial charge is 0.364 e. The van der Waals surface area contributed by atoms with E-state index in [9.17, 15) is 4.39 Å². The van der Waals surface area contributed by atoms with E-state index >= 15 is 0 Å². The van der Waals surface area contributed by atoms with Gasteiger partial charge in [-0.1, -0.05) is 36.4 Å². The summed E-state index contributed by atoms with van der Waals surface area (Å²) in [4.78, 5) is 6.25. The van der Waals surface area contributed by atoms with Gasteiger partial charge in [0.2, 0.25) is 0 Å². The lowest BCUT2D eigenvalue weighted by atomic mass is 10.2. The molecule has 0 aliphatic rings. The second-order valence-corrected chi connectivity index (χ2v) is 4.98. The zero-order valence-electron chi connectivity index (χ0n) is 12.6. The molecule has 0 bridgehead atoms. The summed E-state index contributed by atoms with van der Waals surface area (Å²) in [6, 6.07) is 16.4. The van der Waals surface area contributed by atoms with Gasteiger partial charge in [-0.2, -0.15) is 10.1 Å². The first-order chi connectivity index (χ1) is 11.2. The van der Waals surface area contributed by atoms with Crippen LogP contribution < -0.4 is 10.2 Å². The Morgan fingerprint density at radius 2 is 1.78 bits per heavy atom. The number of hydrogen-bond donors (Lipinski definition) is 1. The van der Waals surface area contributed by atoms with Crippen LogP contribution in [-0.2, 0) is 6.54 Å². The fourth-order valence-corrected chi connectivity index (χ4v) is 2.12. The minimum Gasteiger partial charge on any atom is -0.364 e. The molecule has 0 atom stereocenters. The highest BCUT2D eigenvalue weighted by atomic mass is 19.1. The third kappa shape index (κ3) is 3.60. The van der Waals surface area contributed by atoms with Gasteiger partial charge in [0.25, 0.3) is 5.95 Å². The van der Waals surface area contributed by atoms with Crippen molar-refractivity contribution in [2.75, 3.05) is 17.3 Å². The molecule has 0 spiro atoms. The summed E-state index contributed by atoms with van der Waals surface area (Å²) in [6.07, 6.45) is 1.52. The van der Waals surface area contributed by atoms with Gasteiger partial charge in [-0.3, -0.25) is 0 Å². The maximum atomic E-state index is 13.6. The Bertz CT molecular complexity index is 779. The molecule has 0 aliphatic heterocycles. The molecule has 1 aromatic heterocycles. The molecule has 1 heterocycles. The average Bonchev–Trinajstić information content (AvgIpc) is 2.61. The molecule has 0 aliphatic carbocycles. The van der Waals surface area contributed by atoms with E-state index in [1.165, 1.54) is 12.3 Å². The molecular formula is C17H16FN5. The molecule has 23 heavy (non-hydrogen) atoms. The molecule has 3 aromatic rings. The van der Waals surface area contributed by atoms with Gasteiger partial charge in [-0.05, 0) is 18.2 Å². The van der Waals surface area contributed by atoms with Crippen LogP contribution in [0.5, 0.6) is 0 Å². The molecule has 1 N–H and O–H groups in total. The first-order valence-electron chi connectivity index (χ1n) is 7.20. The number of nitrogens with one attached hydrogen (secondary N) is 1. The molecule has 0 radical (unpaired) electrons. The second-order valence-electron chi connectivity index (χ2n) is 4.98. The van der Waals surface area contributed by atoms with E-state index in [4.69, 9.17) is 0 Å². The zero-order valence-corrected chi connectivity index (χ0v) is 12.6. The molecule has 6 heteroatoms. The number of anilines is 3. The van der Waals surface area contributed by atoms with Gasteiger partial charge in [0.15, 0.2) is 5.82 Å². The number of nitrogens with zero attached hydrogens (tertiary/aromatic N) is 4. The van der Waals surface area contributed by atoms with Crippen molar-refractivity contribution in [1.29, 1.82) is 0 Å². The van der Waals surface area contributed by atoms with Crippen LogP contribution in [0.15, 0.2) is 60.8 Å². The van der Waals surface area contributed by atoms with Crippen LogP contribution in [-0.4, -0.2) is 22.2 Å². The van der Waals surface area contributed by atoms with Gasteiger partial charge in [0.05, 0.1) is 6.20 Å². The number of rotatable bonds is 5. The number of hydrogen-bond acceptors (Lipinski definition) is 5. The van der Waals surface area contributed by atoms with Crippen LogP contribution in [0.25, 0.3) is 0 Å². The molecule has 0 unspecified atom stereocenters. The van der Waals surface area contributed by atoms with Crippen molar-refractivity contribution in [2.24, 2.45) is 0 Å². The molecule has 0 fully saturated rings. The van der Waals surface area contributed by atoms with Gasteiger partial charge in [0, 0.05) is 24.8 Å². The summed E-state index contributed by atoms with van der Waals surface area (Å²) in [5.74, 6) is 0.763. The normalized spacial score (nSPS) is 10.3. The minimum absolute atomic E-state index is 0.247. The number of halogens is 1. The number of para-hydroxylation sites is 1. The van der Waals surface area contributed by atoms with Gasteiger partial charge in [-0.25, -0.2) is 4.39 Å². The lowest BCUT2D eigenvalue weighted by Gasteiger charge is -2.17. The Morgan fingerprint density at radius 1 is 1.04 bits per heavy atom. The van der Waals surface area contributed by atoms with E-state index in [1.54, 1.807) is 18.2 Å². The number of benzene rings is 2. The number of aromatic nitrogens is 3. The van der Waals surface area contributed by atoms with E-state index in [1.807, 2.05) is 42.3 Å². The van der Waals surface area contributed by atoms with Crippen LogP contribution >= 0.6 is 0 Å². The smallest absolute Gasteiger partial charge is 0.251 e. The Morgan fingerprint density at radius 3 is 2.57 bits per heavy atom. The summed E-state index contributed by atoms with van der Waals surface area (Å²) < 4.78 is 13.6. The second kappa shape index (κ2) is 6.83. The molecule has 0 saturated carbocycles. The Balaban J connectivity index is 1.74. The quantitative estimate of drug-likeness (QED) is 0.783. The van der Waals surface area contributed by atoms with Gasteiger partial charge in [-0.15, -0.1) is 5.10 Å². The summed E-state index contributed by atoms with van der Waals surface area (Å²) >= 11 is 0. The van der Waals surface area contributed by atoms with Crippen molar-refractivity contribution < 1.29 is 4.39 Å². The van der Waals surface area contributed by atoms with Crippen molar-refractivity contribution in [3.05, 3.63) is 72.2 Å². The highest BCUT2D eigenvalue weighted by Crippen LogP contribution is 2.19. The third-order valence-electron chi connectivity index (χ3n) is 3.41. The van der Waals surface area contributed by atoms with Crippen molar-refractivity contribution in [3.8, 4) is 0 Å². The minimum atomic E-state index is -0.247. The highest BCUT2D eigenvalue weighted by Gasteiger charge is 2.08. The van der Waals surface area contributed by atoms with E-state index < -0.39 is 0 Å². The summed E-state index contributed by atoms with van der Waals surface area (Å²) in [5, 5.41) is 11.1. The van der Waals surface area contributed by atoms with Crippen LogP contribution in [0.3, 0.4) is 0 Å². The first-order valence-corrected chi connectivity index (χ1v) is 7.20. The average molecular weight is 309 g/mol. The van der Waals surface area contributed by atoms with Crippen molar-refractivity contribution in [2.45, 2.75) is 6.54 Å². The maximum absolute atomic E-state index is 13.6. The molecule has 0 amide bonds. The van der Waals surface area contributed by atoms with Crippen LogP contribution in [0, 0.1) is 5.82 Å². The Hall–Kier alpha value is -3.02. The first kappa shape index (κ1) is 14.9. The third-order valence-corrected chi connectivity index (χ3v) is 3.41. The van der Waals surface area contributed by atoms with Crippen LogP contribution in [0.2, 0.25) is 0 Å². The van der Waals surface area contributed by atoms with E-state index in [0.29, 0.717) is 23.9 Å². The fourth-order valence-electron chi connectivity index (χ4n) is 2.12. The summed E-state index contributed by atoms with van der Waals surface area (Å²) in [5.41, 5.74) is 1.53. The maximum Gasteiger partial charge on any atom is 0.251 e.